The average Bonchev–Trinajstić information content (AvgIpc) is 3.41. The molecule has 2 aromatic rings. The van der Waals surface area contributed by atoms with Crippen LogP contribution >= 0.6 is 12.4 Å². The molecule has 1 aliphatic carbocycles. The molecule has 0 saturated heterocycles. The molecule has 4 rings (SSSR count). The lowest BCUT2D eigenvalue weighted by molar-refractivity contribution is -0.130. The summed E-state index contributed by atoms with van der Waals surface area (Å²) in [6.07, 6.45) is 4.18. The fraction of sp³-hybridized carbons (Fsp3) is 0.474. The van der Waals surface area contributed by atoms with Crippen molar-refractivity contribution in [3.63, 3.8) is 0 Å². The summed E-state index contributed by atoms with van der Waals surface area (Å²) in [5.74, 6) is 0.226. The summed E-state index contributed by atoms with van der Waals surface area (Å²) in [4.78, 5) is 14.4. The average molecular weight is 361 g/mol. The van der Waals surface area contributed by atoms with E-state index in [1.165, 1.54) is 24.1 Å². The summed E-state index contributed by atoms with van der Waals surface area (Å²) in [6, 6.07) is 10.9. The molecule has 0 unspecified atom stereocenters. The van der Waals surface area contributed by atoms with Gasteiger partial charge in [0.2, 0.25) is 5.91 Å². The number of nitrogens with zero attached hydrogens (tertiary/aromatic N) is 3. The van der Waals surface area contributed by atoms with Crippen LogP contribution in [-0.4, -0.2) is 46.3 Å². The largest absolute Gasteiger partial charge is 0.341 e. The highest BCUT2D eigenvalue weighted by Gasteiger charge is 2.26. The molecule has 0 radical (unpaired) electrons. The van der Waals surface area contributed by atoms with Crippen molar-refractivity contribution in [1.82, 2.24) is 20.0 Å². The number of carbonyl (C=O) groups excluding carboxylic acids is 1. The van der Waals surface area contributed by atoms with Crippen LogP contribution in [0.2, 0.25) is 0 Å². The van der Waals surface area contributed by atoms with Gasteiger partial charge < -0.3 is 10.2 Å². The van der Waals surface area contributed by atoms with Gasteiger partial charge in [-0.15, -0.1) is 12.4 Å². The van der Waals surface area contributed by atoms with Gasteiger partial charge in [0, 0.05) is 49.4 Å². The third kappa shape index (κ3) is 3.88. The molecule has 1 fully saturated rings. The number of hydrogen-bond donors (Lipinski definition) is 1. The van der Waals surface area contributed by atoms with E-state index in [1.54, 1.807) is 0 Å². The third-order valence-corrected chi connectivity index (χ3v) is 5.04. The van der Waals surface area contributed by atoms with Crippen molar-refractivity contribution in [3.8, 4) is 11.3 Å². The van der Waals surface area contributed by atoms with Crippen LogP contribution in [0.4, 0.5) is 0 Å². The maximum absolute atomic E-state index is 12.4. The van der Waals surface area contributed by atoms with Crippen molar-refractivity contribution in [2.45, 2.75) is 31.7 Å². The van der Waals surface area contributed by atoms with E-state index in [-0.39, 0.29) is 18.3 Å². The molecule has 6 heteroatoms. The van der Waals surface area contributed by atoms with Gasteiger partial charge in [0.25, 0.3) is 0 Å². The molecule has 134 valence electrons. The minimum absolute atomic E-state index is 0. The van der Waals surface area contributed by atoms with Gasteiger partial charge in [-0.05, 0) is 19.3 Å². The highest BCUT2D eigenvalue weighted by Crippen LogP contribution is 2.28. The third-order valence-electron chi connectivity index (χ3n) is 5.04. The number of aryl methyl sites for hydroxylation is 1. The molecule has 1 saturated carbocycles. The Morgan fingerprint density at radius 1 is 1.20 bits per heavy atom. The van der Waals surface area contributed by atoms with Gasteiger partial charge in [-0.3, -0.25) is 9.48 Å². The Hall–Kier alpha value is -1.85. The van der Waals surface area contributed by atoms with Gasteiger partial charge in [-0.1, -0.05) is 30.3 Å². The van der Waals surface area contributed by atoms with E-state index in [9.17, 15) is 4.79 Å². The van der Waals surface area contributed by atoms with Crippen molar-refractivity contribution in [1.29, 1.82) is 0 Å². The van der Waals surface area contributed by atoms with Gasteiger partial charge in [-0.2, -0.15) is 5.10 Å². The van der Waals surface area contributed by atoms with Crippen molar-refractivity contribution in [2.75, 3.05) is 19.6 Å². The van der Waals surface area contributed by atoms with Gasteiger partial charge in [0.15, 0.2) is 0 Å². The van der Waals surface area contributed by atoms with Crippen molar-refractivity contribution in [2.24, 2.45) is 7.05 Å². The number of benzene rings is 1. The van der Waals surface area contributed by atoms with Crippen LogP contribution in [0.15, 0.2) is 30.3 Å². The molecule has 0 spiro atoms. The van der Waals surface area contributed by atoms with Crippen molar-refractivity contribution < 1.29 is 4.79 Å². The predicted molar refractivity (Wildman–Crippen MR) is 101 cm³/mol. The standard InChI is InChI=1S/C19H24N4O.ClH/c1-22-17-10-12-23(18(24)13-20-15-7-8-15)11-9-16(17)19(21-22)14-5-3-2-4-6-14;/h2-6,15,20H,7-13H2,1H3;1H. The lowest BCUT2D eigenvalue weighted by Gasteiger charge is -2.20. The molecular weight excluding hydrogens is 336 g/mol. The monoisotopic (exact) mass is 360 g/mol. The summed E-state index contributed by atoms with van der Waals surface area (Å²) in [7, 11) is 2.01. The van der Waals surface area contributed by atoms with Crippen LogP contribution in [0, 0.1) is 0 Å². The number of rotatable bonds is 4. The van der Waals surface area contributed by atoms with Gasteiger partial charge in [0.05, 0.1) is 12.2 Å². The topological polar surface area (TPSA) is 50.2 Å². The summed E-state index contributed by atoms with van der Waals surface area (Å²) in [6.45, 7) is 2.04. The molecular formula is C19H25ClN4O. The van der Waals surface area contributed by atoms with Crippen molar-refractivity contribution in [3.05, 3.63) is 41.6 Å². The summed E-state index contributed by atoms with van der Waals surface area (Å²) in [5.41, 5.74) is 4.79. The number of nitrogens with one attached hydrogen (secondary N) is 1. The first-order valence-corrected chi connectivity index (χ1v) is 8.83. The molecule has 1 aromatic heterocycles. The van der Waals surface area contributed by atoms with Crippen LogP contribution in [0.5, 0.6) is 0 Å². The number of carbonyl (C=O) groups is 1. The molecule has 0 atom stereocenters. The first kappa shape index (κ1) is 18.0. The Morgan fingerprint density at radius 3 is 2.64 bits per heavy atom. The Morgan fingerprint density at radius 2 is 1.92 bits per heavy atom. The van der Waals surface area contributed by atoms with Gasteiger partial charge in [-0.25, -0.2) is 0 Å². The van der Waals surface area contributed by atoms with E-state index in [4.69, 9.17) is 5.10 Å². The Balaban J connectivity index is 0.00000182. The normalized spacial score (nSPS) is 16.8. The molecule has 1 N–H and O–H groups in total. The van der Waals surface area contributed by atoms with Gasteiger partial charge >= 0.3 is 0 Å². The first-order valence-electron chi connectivity index (χ1n) is 8.83. The highest BCUT2D eigenvalue weighted by molar-refractivity contribution is 5.85. The van der Waals surface area contributed by atoms with E-state index in [2.05, 4.69) is 17.4 Å². The second-order valence-corrected chi connectivity index (χ2v) is 6.80. The van der Waals surface area contributed by atoms with E-state index >= 15 is 0 Å². The summed E-state index contributed by atoms with van der Waals surface area (Å²) < 4.78 is 1.99. The first-order chi connectivity index (χ1) is 11.7. The van der Waals surface area contributed by atoms with Gasteiger partial charge in [0.1, 0.15) is 0 Å². The van der Waals surface area contributed by atoms with Crippen LogP contribution in [0.25, 0.3) is 11.3 Å². The summed E-state index contributed by atoms with van der Waals surface area (Å²) >= 11 is 0. The molecule has 0 bridgehead atoms. The number of halogens is 1. The van der Waals surface area contributed by atoms with E-state index < -0.39 is 0 Å². The lowest BCUT2D eigenvalue weighted by Crippen LogP contribution is -2.40. The maximum atomic E-state index is 12.4. The van der Waals surface area contributed by atoms with Crippen LogP contribution in [0.3, 0.4) is 0 Å². The van der Waals surface area contributed by atoms with E-state index in [1.807, 2.05) is 34.8 Å². The Kier molecular flexibility index (Phi) is 5.45. The summed E-state index contributed by atoms with van der Waals surface area (Å²) in [5, 5.41) is 8.07. The number of amides is 1. The van der Waals surface area contributed by atoms with Crippen LogP contribution < -0.4 is 5.32 Å². The van der Waals surface area contributed by atoms with E-state index in [0.29, 0.717) is 12.6 Å². The molecule has 5 nitrogen and oxygen atoms in total. The zero-order valence-electron chi connectivity index (χ0n) is 14.6. The molecule has 1 amide bonds. The molecule has 25 heavy (non-hydrogen) atoms. The Labute approximate surface area is 154 Å². The second kappa shape index (κ2) is 7.58. The minimum atomic E-state index is 0. The highest BCUT2D eigenvalue weighted by atomic mass is 35.5. The number of aromatic nitrogens is 2. The number of fused-ring (bicyclic) bond motifs is 1. The number of hydrogen-bond acceptors (Lipinski definition) is 3. The molecule has 1 aliphatic heterocycles. The smallest absolute Gasteiger partial charge is 0.236 e. The van der Waals surface area contributed by atoms with Crippen molar-refractivity contribution >= 4 is 18.3 Å². The molecule has 2 aliphatic rings. The molecule has 2 heterocycles. The fourth-order valence-electron chi connectivity index (χ4n) is 3.49. The minimum Gasteiger partial charge on any atom is -0.341 e. The van der Waals surface area contributed by atoms with Crippen LogP contribution in [0.1, 0.15) is 24.1 Å². The molecule has 1 aromatic carbocycles. The quantitative estimate of drug-likeness (QED) is 0.909. The SMILES string of the molecule is Cl.Cn1nc(-c2ccccc2)c2c1CCN(C(=O)CNC1CC1)CC2. The fourth-order valence-corrected chi connectivity index (χ4v) is 3.49. The zero-order valence-corrected chi connectivity index (χ0v) is 15.4. The predicted octanol–water partition coefficient (Wildman–Crippen LogP) is 2.19. The van der Waals surface area contributed by atoms with E-state index in [0.717, 1.165) is 37.2 Å². The van der Waals surface area contributed by atoms with Crippen LogP contribution in [-0.2, 0) is 24.7 Å². The zero-order chi connectivity index (χ0) is 16.5. The maximum Gasteiger partial charge on any atom is 0.236 e. The lowest BCUT2D eigenvalue weighted by atomic mass is 10.0. The second-order valence-electron chi connectivity index (χ2n) is 6.80. The Bertz CT molecular complexity index is 739.